The molecule has 0 fully saturated rings. The molecule has 0 spiro atoms. The van der Waals surface area contributed by atoms with Gasteiger partial charge in [0.1, 0.15) is 11.8 Å². The van der Waals surface area contributed by atoms with Gasteiger partial charge in [0.2, 0.25) is 0 Å². The minimum absolute atomic E-state index is 0.200. The Bertz CT molecular complexity index is 530. The normalized spacial score (nSPS) is 13.7. The number of hydrogen-bond donors (Lipinski definition) is 2. The first-order valence-corrected chi connectivity index (χ1v) is 8.17. The van der Waals surface area contributed by atoms with Crippen molar-refractivity contribution in [3.8, 4) is 5.75 Å². The van der Waals surface area contributed by atoms with E-state index in [1.807, 2.05) is 12.1 Å². The Kier molecular flexibility index (Phi) is 5.86. The number of carbonyl (C=O) groups is 1. The van der Waals surface area contributed by atoms with E-state index in [2.05, 4.69) is 41.5 Å². The van der Waals surface area contributed by atoms with E-state index in [1.54, 1.807) is 6.92 Å². The maximum atomic E-state index is 11.8. The Morgan fingerprint density at radius 2 is 1.57 bits per heavy atom. The summed E-state index contributed by atoms with van der Waals surface area (Å²) in [5.41, 5.74) is 8.24. The summed E-state index contributed by atoms with van der Waals surface area (Å²) in [4.78, 5) is 11.8. The van der Waals surface area contributed by atoms with Crippen molar-refractivity contribution < 1.29 is 14.6 Å². The van der Waals surface area contributed by atoms with Crippen molar-refractivity contribution in [2.75, 3.05) is 6.61 Å². The number of hydrogen-bond acceptors (Lipinski definition) is 4. The SMILES string of the molecule is CCOC(=O)[C@@H](N)Cc1cc(C(C)(C)C)c(O)c(C(C)(C)C)c1. The second-order valence-electron chi connectivity index (χ2n) is 8.10. The summed E-state index contributed by atoms with van der Waals surface area (Å²) in [5.74, 6) is -0.0614. The number of nitrogens with two attached hydrogens (primary N) is 1. The lowest BCUT2D eigenvalue weighted by atomic mass is 9.78. The lowest BCUT2D eigenvalue weighted by molar-refractivity contribution is -0.144. The van der Waals surface area contributed by atoms with E-state index >= 15 is 0 Å². The van der Waals surface area contributed by atoms with Gasteiger partial charge in [0.15, 0.2) is 0 Å². The number of ether oxygens (including phenoxy) is 1. The maximum absolute atomic E-state index is 11.8. The molecule has 0 heterocycles. The summed E-state index contributed by atoms with van der Waals surface area (Å²) >= 11 is 0. The number of benzene rings is 1. The quantitative estimate of drug-likeness (QED) is 0.834. The van der Waals surface area contributed by atoms with Crippen LogP contribution in [0.3, 0.4) is 0 Å². The fourth-order valence-electron chi connectivity index (χ4n) is 2.54. The van der Waals surface area contributed by atoms with Gasteiger partial charge in [0.25, 0.3) is 0 Å². The predicted molar refractivity (Wildman–Crippen MR) is 93.8 cm³/mol. The van der Waals surface area contributed by atoms with E-state index in [0.717, 1.165) is 16.7 Å². The summed E-state index contributed by atoms with van der Waals surface area (Å²) in [6.07, 6.45) is 0.394. The molecular weight excluding hydrogens is 290 g/mol. The molecule has 1 aromatic rings. The highest BCUT2D eigenvalue weighted by Crippen LogP contribution is 2.39. The van der Waals surface area contributed by atoms with Crippen molar-refractivity contribution >= 4 is 5.97 Å². The van der Waals surface area contributed by atoms with Gasteiger partial charge in [0.05, 0.1) is 6.61 Å². The Hall–Kier alpha value is -1.55. The molecule has 0 radical (unpaired) electrons. The third kappa shape index (κ3) is 4.96. The van der Waals surface area contributed by atoms with E-state index in [-0.39, 0.29) is 10.8 Å². The van der Waals surface area contributed by atoms with Crippen LogP contribution in [0.1, 0.15) is 65.2 Å². The van der Waals surface area contributed by atoms with E-state index in [0.29, 0.717) is 18.8 Å². The third-order valence-electron chi connectivity index (χ3n) is 3.83. The minimum atomic E-state index is -0.694. The average Bonchev–Trinajstić information content (AvgIpc) is 2.38. The average molecular weight is 321 g/mol. The van der Waals surface area contributed by atoms with Crippen molar-refractivity contribution in [2.24, 2.45) is 5.73 Å². The first-order chi connectivity index (χ1) is 10.4. The Labute approximate surface area is 140 Å². The topological polar surface area (TPSA) is 72.5 Å². The highest BCUT2D eigenvalue weighted by atomic mass is 16.5. The van der Waals surface area contributed by atoms with Gasteiger partial charge in [0, 0.05) is 0 Å². The molecule has 1 aromatic carbocycles. The molecule has 4 heteroatoms. The van der Waals surface area contributed by atoms with E-state index in [4.69, 9.17) is 10.5 Å². The number of aromatic hydroxyl groups is 1. The molecule has 0 aliphatic carbocycles. The molecule has 0 aromatic heterocycles. The number of rotatable bonds is 4. The van der Waals surface area contributed by atoms with Crippen molar-refractivity contribution in [3.63, 3.8) is 0 Å². The molecule has 1 atom stereocenters. The number of esters is 1. The highest BCUT2D eigenvalue weighted by molar-refractivity contribution is 5.76. The monoisotopic (exact) mass is 321 g/mol. The molecule has 0 aliphatic rings. The standard InChI is InChI=1S/C19H31NO3/c1-8-23-17(22)15(20)11-12-9-13(18(2,3)4)16(21)14(10-12)19(5,6)7/h9-10,15,21H,8,11,20H2,1-7H3/t15-/m0/s1. The molecule has 0 unspecified atom stereocenters. The van der Waals surface area contributed by atoms with Crippen molar-refractivity contribution in [1.29, 1.82) is 0 Å². The number of phenolic OH excluding ortho intramolecular Hbond substituents is 1. The number of carbonyl (C=O) groups excluding carboxylic acids is 1. The molecule has 0 bridgehead atoms. The Morgan fingerprint density at radius 1 is 1.13 bits per heavy atom. The second-order valence-corrected chi connectivity index (χ2v) is 8.10. The summed E-state index contributed by atoms with van der Waals surface area (Å²) in [6.45, 7) is 14.4. The van der Waals surface area contributed by atoms with Crippen LogP contribution in [0.4, 0.5) is 0 Å². The van der Waals surface area contributed by atoms with Crippen LogP contribution in [0, 0.1) is 0 Å². The van der Waals surface area contributed by atoms with Crippen LogP contribution in [-0.4, -0.2) is 23.7 Å². The van der Waals surface area contributed by atoms with Crippen LogP contribution < -0.4 is 5.73 Å². The van der Waals surface area contributed by atoms with Gasteiger partial charge in [-0.25, -0.2) is 0 Å². The van der Waals surface area contributed by atoms with Gasteiger partial charge >= 0.3 is 5.97 Å². The lowest BCUT2D eigenvalue weighted by Crippen LogP contribution is -2.34. The zero-order valence-electron chi connectivity index (χ0n) is 15.5. The Morgan fingerprint density at radius 3 is 1.91 bits per heavy atom. The van der Waals surface area contributed by atoms with Crippen LogP contribution in [0.25, 0.3) is 0 Å². The van der Waals surface area contributed by atoms with Crippen molar-refractivity contribution in [3.05, 3.63) is 28.8 Å². The van der Waals surface area contributed by atoms with E-state index < -0.39 is 12.0 Å². The first kappa shape index (κ1) is 19.5. The van der Waals surface area contributed by atoms with Crippen molar-refractivity contribution in [2.45, 2.75) is 71.8 Å². The van der Waals surface area contributed by atoms with E-state index in [9.17, 15) is 9.90 Å². The molecule has 0 aliphatic heterocycles. The Balaban J connectivity index is 3.31. The van der Waals surface area contributed by atoms with Gasteiger partial charge < -0.3 is 15.6 Å². The third-order valence-corrected chi connectivity index (χ3v) is 3.83. The molecule has 4 nitrogen and oxygen atoms in total. The van der Waals surface area contributed by atoms with Gasteiger partial charge in [-0.05, 0) is 40.9 Å². The fraction of sp³-hybridized carbons (Fsp3) is 0.632. The highest BCUT2D eigenvalue weighted by Gasteiger charge is 2.27. The van der Waals surface area contributed by atoms with Gasteiger partial charge in [-0.15, -0.1) is 0 Å². The minimum Gasteiger partial charge on any atom is -0.507 e. The van der Waals surface area contributed by atoms with E-state index in [1.165, 1.54) is 0 Å². The molecule has 0 saturated carbocycles. The predicted octanol–water partition coefficient (Wildman–Crippen LogP) is 3.42. The van der Waals surface area contributed by atoms with Gasteiger partial charge in [-0.1, -0.05) is 53.7 Å². The summed E-state index contributed by atoms with van der Waals surface area (Å²) in [6, 6.07) is 3.20. The van der Waals surface area contributed by atoms with Gasteiger partial charge in [-0.3, -0.25) is 4.79 Å². The van der Waals surface area contributed by atoms with Crippen molar-refractivity contribution in [1.82, 2.24) is 0 Å². The second kappa shape index (κ2) is 6.91. The molecule has 0 saturated heterocycles. The molecule has 1 rings (SSSR count). The lowest BCUT2D eigenvalue weighted by Gasteiger charge is -2.28. The van der Waals surface area contributed by atoms with Crippen LogP contribution >= 0.6 is 0 Å². The van der Waals surface area contributed by atoms with Crippen LogP contribution in [-0.2, 0) is 26.8 Å². The fourth-order valence-corrected chi connectivity index (χ4v) is 2.54. The van der Waals surface area contributed by atoms with Gasteiger partial charge in [-0.2, -0.15) is 0 Å². The smallest absolute Gasteiger partial charge is 0.323 e. The molecule has 23 heavy (non-hydrogen) atoms. The summed E-state index contributed by atoms with van der Waals surface area (Å²) in [5, 5.41) is 10.7. The molecule has 130 valence electrons. The molecule has 3 N–H and O–H groups in total. The van der Waals surface area contributed by atoms with Crippen LogP contribution in [0.15, 0.2) is 12.1 Å². The molecular formula is C19H31NO3. The maximum Gasteiger partial charge on any atom is 0.323 e. The zero-order valence-corrected chi connectivity index (χ0v) is 15.5. The van der Waals surface area contributed by atoms with Crippen LogP contribution in [0.2, 0.25) is 0 Å². The summed E-state index contributed by atoms with van der Waals surface area (Å²) < 4.78 is 4.98. The number of phenols is 1. The first-order valence-electron chi connectivity index (χ1n) is 8.17. The molecule has 0 amide bonds. The summed E-state index contributed by atoms with van der Waals surface area (Å²) in [7, 11) is 0. The van der Waals surface area contributed by atoms with Crippen LogP contribution in [0.5, 0.6) is 5.75 Å². The largest absolute Gasteiger partial charge is 0.507 e. The zero-order chi connectivity index (χ0) is 18.0.